The zero-order chi connectivity index (χ0) is 13.0. The van der Waals surface area contributed by atoms with Crippen LogP contribution in [0.1, 0.15) is 28.8 Å². The second kappa shape index (κ2) is 5.95. The lowest BCUT2D eigenvalue weighted by atomic mass is 10.1. The molecule has 0 unspecified atom stereocenters. The molecule has 1 saturated heterocycles. The molecule has 1 heterocycles. The van der Waals surface area contributed by atoms with Crippen LogP contribution >= 0.6 is 0 Å². The van der Waals surface area contributed by atoms with Crippen LogP contribution in [0, 0.1) is 0 Å². The lowest BCUT2D eigenvalue weighted by molar-refractivity contribution is 0.0792. The Balaban J connectivity index is 1.99. The lowest BCUT2D eigenvalue weighted by Crippen LogP contribution is -2.35. The van der Waals surface area contributed by atoms with Crippen molar-refractivity contribution < 1.29 is 9.90 Å². The molecule has 1 aromatic carbocycles. The first kappa shape index (κ1) is 13.0. The number of nitrogen functional groups attached to an aromatic ring is 1. The molecule has 0 atom stereocenters. The molecule has 1 aliphatic heterocycles. The number of aliphatic hydroxyl groups is 1. The van der Waals surface area contributed by atoms with E-state index in [4.69, 9.17) is 5.84 Å². The van der Waals surface area contributed by atoms with Gasteiger partial charge in [-0.1, -0.05) is 12.1 Å². The van der Waals surface area contributed by atoms with Crippen molar-refractivity contribution in [3.05, 3.63) is 35.4 Å². The molecule has 0 saturated carbocycles. The summed E-state index contributed by atoms with van der Waals surface area (Å²) in [5.41, 5.74) is 3.80. The van der Waals surface area contributed by atoms with Crippen LogP contribution in [0.15, 0.2) is 24.3 Å². The normalized spacial score (nSPS) is 17.7. The number of nitrogens with two attached hydrogens (primary N) is 1. The molecule has 98 valence electrons. The molecule has 0 spiro atoms. The Kier molecular flexibility index (Phi) is 4.30. The van der Waals surface area contributed by atoms with Gasteiger partial charge in [0, 0.05) is 25.2 Å². The summed E-state index contributed by atoms with van der Waals surface area (Å²) in [6.07, 6.45) is 1.49. The number of carbonyl (C=O) groups excluding carboxylic acids is 1. The van der Waals surface area contributed by atoms with E-state index in [2.05, 4.69) is 10.3 Å². The van der Waals surface area contributed by atoms with Crippen molar-refractivity contribution in [2.45, 2.75) is 25.5 Å². The van der Waals surface area contributed by atoms with Gasteiger partial charge >= 0.3 is 0 Å². The highest BCUT2D eigenvalue weighted by atomic mass is 16.3. The van der Waals surface area contributed by atoms with Gasteiger partial charge in [0.15, 0.2) is 0 Å². The third-order valence-corrected chi connectivity index (χ3v) is 3.28. The predicted octanol–water partition coefficient (Wildman–Crippen LogP) is 0.247. The van der Waals surface area contributed by atoms with Crippen molar-refractivity contribution in [1.29, 1.82) is 0 Å². The summed E-state index contributed by atoms with van der Waals surface area (Å²) < 4.78 is 0. The van der Waals surface area contributed by atoms with Gasteiger partial charge < -0.3 is 5.11 Å². The molecule has 5 heteroatoms. The zero-order valence-electron chi connectivity index (χ0n) is 10.3. The third kappa shape index (κ3) is 3.29. The first-order chi connectivity index (χ1) is 8.69. The topological polar surface area (TPSA) is 78.6 Å². The van der Waals surface area contributed by atoms with Gasteiger partial charge in [-0.25, -0.2) is 5.84 Å². The van der Waals surface area contributed by atoms with E-state index in [9.17, 15) is 9.90 Å². The number of amides is 1. The Morgan fingerprint density at radius 1 is 1.44 bits per heavy atom. The Bertz CT molecular complexity index is 414. The second-order valence-electron chi connectivity index (χ2n) is 4.68. The Hall–Kier alpha value is -1.43. The number of hydrazine groups is 1. The van der Waals surface area contributed by atoms with Crippen LogP contribution in [0.25, 0.3) is 0 Å². The maximum atomic E-state index is 11.4. The van der Waals surface area contributed by atoms with Crippen molar-refractivity contribution in [3.63, 3.8) is 0 Å². The van der Waals surface area contributed by atoms with Crippen LogP contribution in [0.4, 0.5) is 0 Å². The summed E-state index contributed by atoms with van der Waals surface area (Å²) >= 11 is 0. The minimum Gasteiger partial charge on any atom is -0.393 e. The fourth-order valence-corrected chi connectivity index (χ4v) is 2.23. The largest absolute Gasteiger partial charge is 0.393 e. The molecule has 0 bridgehead atoms. The van der Waals surface area contributed by atoms with Crippen LogP contribution < -0.4 is 11.3 Å². The monoisotopic (exact) mass is 249 g/mol. The molecule has 18 heavy (non-hydrogen) atoms. The van der Waals surface area contributed by atoms with Crippen molar-refractivity contribution in [3.8, 4) is 0 Å². The van der Waals surface area contributed by atoms with Gasteiger partial charge in [-0.15, -0.1) is 0 Å². The lowest BCUT2D eigenvalue weighted by Gasteiger charge is -2.29. The first-order valence-electron chi connectivity index (χ1n) is 6.19. The fraction of sp³-hybridized carbons (Fsp3) is 0.462. The molecule has 0 aliphatic carbocycles. The number of rotatable bonds is 3. The molecule has 1 fully saturated rings. The van der Waals surface area contributed by atoms with Crippen molar-refractivity contribution in [2.75, 3.05) is 13.1 Å². The minimum atomic E-state index is -0.272. The number of piperidine rings is 1. The van der Waals surface area contributed by atoms with E-state index in [1.54, 1.807) is 6.07 Å². The second-order valence-corrected chi connectivity index (χ2v) is 4.68. The van der Waals surface area contributed by atoms with Crippen molar-refractivity contribution >= 4 is 5.91 Å². The maximum absolute atomic E-state index is 11.4. The molecule has 5 nitrogen and oxygen atoms in total. The van der Waals surface area contributed by atoms with E-state index in [1.807, 2.05) is 18.2 Å². The number of hydrogen-bond acceptors (Lipinski definition) is 4. The number of likely N-dealkylation sites (tertiary alicyclic amines) is 1. The van der Waals surface area contributed by atoms with Gasteiger partial charge in [0.2, 0.25) is 0 Å². The predicted molar refractivity (Wildman–Crippen MR) is 68.6 cm³/mol. The zero-order valence-corrected chi connectivity index (χ0v) is 10.3. The quantitative estimate of drug-likeness (QED) is 0.407. The Labute approximate surface area is 107 Å². The molecule has 1 aliphatic rings. The summed E-state index contributed by atoms with van der Waals surface area (Å²) in [5, 5.41) is 9.45. The molecule has 2 rings (SSSR count). The number of carbonyl (C=O) groups is 1. The Morgan fingerprint density at radius 3 is 2.83 bits per heavy atom. The number of nitrogens with one attached hydrogen (secondary N) is 1. The number of benzene rings is 1. The number of nitrogens with zero attached hydrogens (tertiary/aromatic N) is 1. The standard InChI is InChI=1S/C13H19N3O2/c14-15-13(18)11-3-1-2-10(8-11)9-16-6-4-12(17)5-7-16/h1-3,8,12,17H,4-7,9,14H2,(H,15,18). The highest BCUT2D eigenvalue weighted by Crippen LogP contribution is 2.14. The number of aliphatic hydroxyl groups excluding tert-OH is 1. The van der Waals surface area contributed by atoms with E-state index in [1.165, 1.54) is 0 Å². The highest BCUT2D eigenvalue weighted by Gasteiger charge is 2.17. The van der Waals surface area contributed by atoms with Crippen LogP contribution in [-0.2, 0) is 6.54 Å². The average molecular weight is 249 g/mol. The minimum absolute atomic E-state index is 0.157. The van der Waals surface area contributed by atoms with E-state index >= 15 is 0 Å². The Morgan fingerprint density at radius 2 is 2.17 bits per heavy atom. The molecular weight excluding hydrogens is 230 g/mol. The van der Waals surface area contributed by atoms with Gasteiger partial charge in [0.25, 0.3) is 5.91 Å². The third-order valence-electron chi connectivity index (χ3n) is 3.28. The molecule has 1 aromatic rings. The van der Waals surface area contributed by atoms with E-state index in [0.29, 0.717) is 5.56 Å². The van der Waals surface area contributed by atoms with Crippen LogP contribution in [0.5, 0.6) is 0 Å². The first-order valence-corrected chi connectivity index (χ1v) is 6.19. The van der Waals surface area contributed by atoms with E-state index < -0.39 is 0 Å². The SMILES string of the molecule is NNC(=O)c1cccc(CN2CCC(O)CC2)c1. The van der Waals surface area contributed by atoms with Gasteiger partial charge in [0.05, 0.1) is 6.10 Å². The molecule has 4 N–H and O–H groups in total. The maximum Gasteiger partial charge on any atom is 0.265 e. The van der Waals surface area contributed by atoms with E-state index in [0.717, 1.165) is 38.0 Å². The van der Waals surface area contributed by atoms with Crippen LogP contribution in [-0.4, -0.2) is 35.1 Å². The summed E-state index contributed by atoms with van der Waals surface area (Å²) in [6, 6.07) is 7.45. The summed E-state index contributed by atoms with van der Waals surface area (Å²) in [4.78, 5) is 13.7. The van der Waals surface area contributed by atoms with Crippen LogP contribution in [0.2, 0.25) is 0 Å². The molecule has 0 aromatic heterocycles. The smallest absolute Gasteiger partial charge is 0.265 e. The molecule has 1 amide bonds. The van der Waals surface area contributed by atoms with Crippen molar-refractivity contribution in [1.82, 2.24) is 10.3 Å². The molecule has 0 radical (unpaired) electrons. The van der Waals surface area contributed by atoms with Gasteiger partial charge in [0.1, 0.15) is 0 Å². The van der Waals surface area contributed by atoms with E-state index in [-0.39, 0.29) is 12.0 Å². The average Bonchev–Trinajstić information content (AvgIpc) is 2.41. The van der Waals surface area contributed by atoms with Gasteiger partial charge in [-0.05, 0) is 30.5 Å². The van der Waals surface area contributed by atoms with Crippen LogP contribution in [0.3, 0.4) is 0 Å². The summed E-state index contributed by atoms with van der Waals surface area (Å²) in [5.74, 6) is 4.84. The van der Waals surface area contributed by atoms with Crippen molar-refractivity contribution in [2.24, 2.45) is 5.84 Å². The summed E-state index contributed by atoms with van der Waals surface area (Å²) in [7, 11) is 0. The van der Waals surface area contributed by atoms with Gasteiger partial charge in [-0.3, -0.25) is 15.1 Å². The molecular formula is C13H19N3O2. The summed E-state index contributed by atoms with van der Waals surface area (Å²) in [6.45, 7) is 2.60. The van der Waals surface area contributed by atoms with Gasteiger partial charge in [-0.2, -0.15) is 0 Å². The fourth-order valence-electron chi connectivity index (χ4n) is 2.23. The highest BCUT2D eigenvalue weighted by molar-refractivity contribution is 5.93. The number of hydrogen-bond donors (Lipinski definition) is 3.